The fourth-order valence-corrected chi connectivity index (χ4v) is 2.19. The molecule has 0 amide bonds. The summed E-state index contributed by atoms with van der Waals surface area (Å²) in [6.07, 6.45) is 5.03. The molecule has 4 heteroatoms. The van der Waals surface area contributed by atoms with Gasteiger partial charge < -0.3 is 15.8 Å². The number of nitrogen functional groups attached to an aromatic ring is 1. The van der Waals surface area contributed by atoms with E-state index in [4.69, 9.17) is 15.7 Å². The number of rotatable bonds is 4. The van der Waals surface area contributed by atoms with Crippen LogP contribution in [0.25, 0.3) is 0 Å². The summed E-state index contributed by atoms with van der Waals surface area (Å²) in [4.78, 5) is 0. The first-order valence-corrected chi connectivity index (χ1v) is 6.44. The molecule has 0 radical (unpaired) electrons. The maximum absolute atomic E-state index is 8.79. The Bertz CT molecular complexity index is 433. The summed E-state index contributed by atoms with van der Waals surface area (Å²) in [5.41, 5.74) is 7.77. The highest BCUT2D eigenvalue weighted by atomic mass is 16.5. The monoisotopic (exact) mass is 245 g/mol. The zero-order valence-electron chi connectivity index (χ0n) is 10.5. The molecule has 1 saturated heterocycles. The van der Waals surface area contributed by atoms with Crippen LogP contribution in [-0.2, 0) is 4.74 Å². The third kappa shape index (κ3) is 3.38. The molecular weight excluding hydrogens is 226 g/mol. The van der Waals surface area contributed by atoms with E-state index in [2.05, 4.69) is 11.4 Å². The van der Waals surface area contributed by atoms with E-state index in [1.54, 1.807) is 12.1 Å². The summed E-state index contributed by atoms with van der Waals surface area (Å²) in [6, 6.07) is 7.49. The predicted molar refractivity (Wildman–Crippen MR) is 72.3 cm³/mol. The van der Waals surface area contributed by atoms with E-state index in [0.29, 0.717) is 17.4 Å². The summed E-state index contributed by atoms with van der Waals surface area (Å²) in [6.45, 7) is 1.77. The summed E-state index contributed by atoms with van der Waals surface area (Å²) in [5.74, 6) is 0. The minimum atomic E-state index is 0.391. The number of nitrogens with two attached hydrogens (primary N) is 1. The maximum Gasteiger partial charge on any atom is 0.101 e. The molecule has 18 heavy (non-hydrogen) atoms. The van der Waals surface area contributed by atoms with Crippen molar-refractivity contribution < 1.29 is 4.74 Å². The molecule has 1 fully saturated rings. The molecule has 1 aliphatic rings. The number of ether oxygens (including phenoxy) is 1. The molecule has 1 atom stereocenters. The van der Waals surface area contributed by atoms with Gasteiger partial charge in [0.25, 0.3) is 0 Å². The predicted octanol–water partition coefficient (Wildman–Crippen LogP) is 2.51. The number of benzene rings is 1. The Labute approximate surface area is 108 Å². The van der Waals surface area contributed by atoms with E-state index < -0.39 is 0 Å². The van der Waals surface area contributed by atoms with Gasteiger partial charge in [0.1, 0.15) is 6.07 Å². The van der Waals surface area contributed by atoms with Gasteiger partial charge in [0.15, 0.2) is 0 Å². The molecular formula is C14H19N3O. The average Bonchev–Trinajstić information content (AvgIpc) is 2.40. The molecule has 0 aliphatic carbocycles. The highest BCUT2D eigenvalue weighted by Crippen LogP contribution is 2.19. The molecule has 1 unspecified atom stereocenters. The lowest BCUT2D eigenvalue weighted by atomic mass is 10.1. The van der Waals surface area contributed by atoms with Crippen LogP contribution in [0, 0.1) is 11.3 Å². The first kappa shape index (κ1) is 12.7. The first-order valence-electron chi connectivity index (χ1n) is 6.44. The quantitative estimate of drug-likeness (QED) is 0.799. The second-order valence-corrected chi connectivity index (χ2v) is 4.62. The van der Waals surface area contributed by atoms with E-state index in [1.807, 2.05) is 6.07 Å². The van der Waals surface area contributed by atoms with Crippen molar-refractivity contribution in [2.45, 2.75) is 31.8 Å². The van der Waals surface area contributed by atoms with E-state index >= 15 is 0 Å². The van der Waals surface area contributed by atoms with Crippen molar-refractivity contribution in [1.82, 2.24) is 0 Å². The van der Waals surface area contributed by atoms with Crippen LogP contribution in [0.2, 0.25) is 0 Å². The van der Waals surface area contributed by atoms with Crippen molar-refractivity contribution in [3.8, 4) is 6.07 Å². The molecule has 0 bridgehead atoms. The topological polar surface area (TPSA) is 71.1 Å². The van der Waals surface area contributed by atoms with E-state index in [1.165, 1.54) is 12.8 Å². The highest BCUT2D eigenvalue weighted by molar-refractivity contribution is 5.62. The Morgan fingerprint density at radius 1 is 1.44 bits per heavy atom. The van der Waals surface area contributed by atoms with Gasteiger partial charge >= 0.3 is 0 Å². The van der Waals surface area contributed by atoms with Crippen LogP contribution in [0.4, 0.5) is 11.4 Å². The standard InChI is InChI=1S/C14H19N3O/c15-10-11-4-5-12(9-14(11)16)17-7-6-13-3-1-2-8-18-13/h4-5,9,13,17H,1-3,6-8,16H2. The Morgan fingerprint density at radius 2 is 2.33 bits per heavy atom. The number of anilines is 2. The lowest BCUT2D eigenvalue weighted by Gasteiger charge is -2.22. The van der Waals surface area contributed by atoms with Crippen molar-refractivity contribution in [3.63, 3.8) is 0 Å². The van der Waals surface area contributed by atoms with Crippen LogP contribution < -0.4 is 11.1 Å². The number of nitriles is 1. The largest absolute Gasteiger partial charge is 0.398 e. The Hall–Kier alpha value is -1.73. The molecule has 0 aromatic heterocycles. The smallest absolute Gasteiger partial charge is 0.101 e. The fraction of sp³-hybridized carbons (Fsp3) is 0.500. The molecule has 1 aromatic rings. The minimum Gasteiger partial charge on any atom is -0.398 e. The molecule has 0 spiro atoms. The summed E-state index contributed by atoms with van der Waals surface area (Å²) in [7, 11) is 0. The lowest BCUT2D eigenvalue weighted by molar-refractivity contribution is 0.0134. The van der Waals surface area contributed by atoms with Gasteiger partial charge in [-0.2, -0.15) is 5.26 Å². The van der Waals surface area contributed by atoms with Gasteiger partial charge in [-0.25, -0.2) is 0 Å². The normalized spacial score (nSPS) is 19.2. The van der Waals surface area contributed by atoms with Crippen molar-refractivity contribution in [3.05, 3.63) is 23.8 Å². The number of hydrogen-bond donors (Lipinski definition) is 2. The summed E-state index contributed by atoms with van der Waals surface area (Å²) in [5, 5.41) is 12.1. The van der Waals surface area contributed by atoms with Crippen molar-refractivity contribution >= 4 is 11.4 Å². The van der Waals surface area contributed by atoms with E-state index in [0.717, 1.165) is 31.7 Å². The molecule has 4 nitrogen and oxygen atoms in total. The van der Waals surface area contributed by atoms with Gasteiger partial charge in [-0.1, -0.05) is 0 Å². The molecule has 0 saturated carbocycles. The van der Waals surface area contributed by atoms with Gasteiger partial charge in [0.2, 0.25) is 0 Å². The number of nitrogens with one attached hydrogen (secondary N) is 1. The van der Waals surface area contributed by atoms with Crippen LogP contribution >= 0.6 is 0 Å². The van der Waals surface area contributed by atoms with Crippen molar-refractivity contribution in [1.29, 1.82) is 5.26 Å². The van der Waals surface area contributed by atoms with Gasteiger partial charge in [0.05, 0.1) is 17.4 Å². The second kappa shape index (κ2) is 6.27. The highest BCUT2D eigenvalue weighted by Gasteiger charge is 2.12. The van der Waals surface area contributed by atoms with Gasteiger partial charge in [0, 0.05) is 18.8 Å². The Kier molecular flexibility index (Phi) is 4.43. The van der Waals surface area contributed by atoms with Crippen LogP contribution in [-0.4, -0.2) is 19.3 Å². The third-order valence-corrected chi connectivity index (χ3v) is 3.24. The zero-order valence-corrected chi connectivity index (χ0v) is 10.5. The van der Waals surface area contributed by atoms with Crippen LogP contribution in [0.1, 0.15) is 31.2 Å². The van der Waals surface area contributed by atoms with Gasteiger partial charge in [-0.3, -0.25) is 0 Å². The van der Waals surface area contributed by atoms with Crippen molar-refractivity contribution in [2.75, 3.05) is 24.2 Å². The van der Waals surface area contributed by atoms with Crippen LogP contribution in [0.3, 0.4) is 0 Å². The number of nitrogens with zero attached hydrogens (tertiary/aromatic N) is 1. The minimum absolute atomic E-state index is 0.391. The SMILES string of the molecule is N#Cc1ccc(NCCC2CCCCO2)cc1N. The van der Waals surface area contributed by atoms with Crippen LogP contribution in [0.5, 0.6) is 0 Å². The zero-order chi connectivity index (χ0) is 12.8. The molecule has 2 rings (SSSR count). The third-order valence-electron chi connectivity index (χ3n) is 3.24. The molecule has 96 valence electrons. The van der Waals surface area contributed by atoms with Crippen molar-refractivity contribution in [2.24, 2.45) is 0 Å². The summed E-state index contributed by atoms with van der Waals surface area (Å²) >= 11 is 0. The first-order chi connectivity index (χ1) is 8.79. The van der Waals surface area contributed by atoms with E-state index in [9.17, 15) is 0 Å². The fourth-order valence-electron chi connectivity index (χ4n) is 2.19. The molecule has 3 N–H and O–H groups in total. The molecule has 1 aromatic carbocycles. The van der Waals surface area contributed by atoms with Crippen LogP contribution in [0.15, 0.2) is 18.2 Å². The molecule has 1 heterocycles. The van der Waals surface area contributed by atoms with Gasteiger partial charge in [-0.05, 0) is 43.9 Å². The Balaban J connectivity index is 1.79. The summed E-state index contributed by atoms with van der Waals surface area (Å²) < 4.78 is 5.67. The average molecular weight is 245 g/mol. The van der Waals surface area contributed by atoms with Gasteiger partial charge in [-0.15, -0.1) is 0 Å². The number of hydrogen-bond acceptors (Lipinski definition) is 4. The maximum atomic E-state index is 8.79. The van der Waals surface area contributed by atoms with E-state index in [-0.39, 0.29) is 0 Å². The second-order valence-electron chi connectivity index (χ2n) is 4.62. The Morgan fingerprint density at radius 3 is 3.00 bits per heavy atom. The lowest BCUT2D eigenvalue weighted by Crippen LogP contribution is -2.22. The molecule has 1 aliphatic heterocycles.